The molecular formula is C33H57NO10. The van der Waals surface area contributed by atoms with Crippen LogP contribution in [0.25, 0.3) is 0 Å². The number of amides is 1. The maximum atomic E-state index is 12.9. The standard InChI is InChI=1S/C33H57NO10/c1-3-4-5-6-7-8-9-10-11-12-13-14-15-26(36)29(38)25(34-28(37)20-23-16-18-24(42-2)19-17-23)22-43-33-32(41)31(40)30(39)27(21-35)44-33/h16-19,25-27,29-33,35-36,38-41H,3-15,20-22H2,1-2H3,(H,34,37)/t25-,26+,27+,29-,30-,31-,32+,33-/m0/s1. The van der Waals surface area contributed by atoms with Gasteiger partial charge in [-0.1, -0.05) is 96.1 Å². The average molecular weight is 628 g/mol. The largest absolute Gasteiger partial charge is 0.497 e. The lowest BCUT2D eigenvalue weighted by molar-refractivity contribution is -0.303. The van der Waals surface area contributed by atoms with Crippen molar-refractivity contribution in [2.24, 2.45) is 0 Å². The van der Waals surface area contributed by atoms with E-state index < -0.39 is 61.5 Å². The summed E-state index contributed by atoms with van der Waals surface area (Å²) in [4.78, 5) is 12.9. The molecule has 1 amide bonds. The zero-order valence-corrected chi connectivity index (χ0v) is 26.6. The van der Waals surface area contributed by atoms with Crippen molar-refractivity contribution in [1.82, 2.24) is 5.32 Å². The monoisotopic (exact) mass is 627 g/mol. The molecule has 1 aliphatic heterocycles. The Morgan fingerprint density at radius 2 is 1.43 bits per heavy atom. The summed E-state index contributed by atoms with van der Waals surface area (Å²) in [6, 6.07) is 5.89. The Kier molecular flexibility index (Phi) is 19.0. The Bertz CT molecular complexity index is 886. The second-order valence-electron chi connectivity index (χ2n) is 12.0. The third kappa shape index (κ3) is 13.7. The molecule has 8 atom stereocenters. The first kappa shape index (κ1) is 38.4. The van der Waals surface area contributed by atoms with E-state index in [9.17, 15) is 35.4 Å². The van der Waals surface area contributed by atoms with Gasteiger partial charge in [0.15, 0.2) is 6.29 Å². The molecule has 44 heavy (non-hydrogen) atoms. The first-order chi connectivity index (χ1) is 21.2. The van der Waals surface area contributed by atoms with Crippen molar-refractivity contribution in [1.29, 1.82) is 0 Å². The van der Waals surface area contributed by atoms with E-state index in [0.717, 1.165) is 25.7 Å². The van der Waals surface area contributed by atoms with Crippen molar-refractivity contribution in [3.63, 3.8) is 0 Å². The summed E-state index contributed by atoms with van der Waals surface area (Å²) >= 11 is 0. The van der Waals surface area contributed by atoms with Gasteiger partial charge in [0.05, 0.1) is 38.9 Å². The highest BCUT2D eigenvalue weighted by atomic mass is 16.7. The fourth-order valence-electron chi connectivity index (χ4n) is 5.45. The summed E-state index contributed by atoms with van der Waals surface area (Å²) in [6.07, 6.45) is 4.55. The smallest absolute Gasteiger partial charge is 0.224 e. The van der Waals surface area contributed by atoms with Gasteiger partial charge in [0.25, 0.3) is 0 Å². The molecule has 0 unspecified atom stereocenters. The second-order valence-corrected chi connectivity index (χ2v) is 12.0. The van der Waals surface area contributed by atoms with Crippen LogP contribution in [0.3, 0.4) is 0 Å². The number of rotatable bonds is 23. The van der Waals surface area contributed by atoms with Crippen LogP contribution in [0.15, 0.2) is 24.3 Å². The van der Waals surface area contributed by atoms with Crippen molar-refractivity contribution in [3.05, 3.63) is 29.8 Å². The molecule has 0 aromatic heterocycles. The van der Waals surface area contributed by atoms with Gasteiger partial charge in [-0.2, -0.15) is 0 Å². The number of benzene rings is 1. The Labute approximate surface area is 262 Å². The van der Waals surface area contributed by atoms with Crippen LogP contribution < -0.4 is 10.1 Å². The number of hydrogen-bond donors (Lipinski definition) is 7. The number of aliphatic hydroxyl groups excluding tert-OH is 6. The van der Waals surface area contributed by atoms with Gasteiger partial charge in [-0.25, -0.2) is 0 Å². The summed E-state index contributed by atoms with van der Waals surface area (Å²) in [7, 11) is 1.55. The van der Waals surface area contributed by atoms with Gasteiger partial charge in [-0.3, -0.25) is 4.79 Å². The number of carbonyl (C=O) groups excluding carboxylic acids is 1. The minimum Gasteiger partial charge on any atom is -0.497 e. The number of hydrogen-bond acceptors (Lipinski definition) is 10. The molecule has 0 saturated carbocycles. The molecule has 1 aromatic carbocycles. The molecule has 0 aliphatic carbocycles. The van der Waals surface area contributed by atoms with Crippen molar-refractivity contribution >= 4 is 5.91 Å². The van der Waals surface area contributed by atoms with Gasteiger partial charge < -0.3 is 50.2 Å². The van der Waals surface area contributed by atoms with E-state index in [1.54, 1.807) is 31.4 Å². The van der Waals surface area contributed by atoms with Crippen LogP contribution in [0.4, 0.5) is 0 Å². The van der Waals surface area contributed by atoms with Gasteiger partial charge in [0.2, 0.25) is 5.91 Å². The Morgan fingerprint density at radius 3 is 1.98 bits per heavy atom. The number of unbranched alkanes of at least 4 members (excludes halogenated alkanes) is 11. The third-order valence-electron chi connectivity index (χ3n) is 8.32. The predicted molar refractivity (Wildman–Crippen MR) is 166 cm³/mol. The van der Waals surface area contributed by atoms with E-state index in [0.29, 0.717) is 17.7 Å². The first-order valence-electron chi connectivity index (χ1n) is 16.4. The van der Waals surface area contributed by atoms with E-state index in [-0.39, 0.29) is 13.0 Å². The van der Waals surface area contributed by atoms with Gasteiger partial charge in [0, 0.05) is 0 Å². The molecule has 0 bridgehead atoms. The fourth-order valence-corrected chi connectivity index (χ4v) is 5.45. The molecule has 1 aromatic rings. The summed E-state index contributed by atoms with van der Waals surface area (Å²) in [6.45, 7) is 1.24. The number of carbonyl (C=O) groups is 1. The van der Waals surface area contributed by atoms with E-state index >= 15 is 0 Å². The summed E-state index contributed by atoms with van der Waals surface area (Å²) in [5.41, 5.74) is 0.712. The van der Waals surface area contributed by atoms with Crippen LogP contribution in [0, 0.1) is 0 Å². The number of nitrogens with one attached hydrogen (secondary N) is 1. The Balaban J connectivity index is 1.87. The molecule has 1 fully saturated rings. The number of aliphatic hydroxyl groups is 6. The number of methoxy groups -OCH3 is 1. The Morgan fingerprint density at radius 1 is 0.864 bits per heavy atom. The van der Waals surface area contributed by atoms with Crippen molar-refractivity contribution < 1.29 is 49.6 Å². The Hall–Kier alpha value is -1.83. The molecule has 11 nitrogen and oxygen atoms in total. The normalized spacial score (nSPS) is 24.0. The maximum absolute atomic E-state index is 12.9. The lowest BCUT2D eigenvalue weighted by Crippen LogP contribution is -2.60. The van der Waals surface area contributed by atoms with Crippen molar-refractivity contribution in [2.75, 3.05) is 20.3 Å². The minimum absolute atomic E-state index is 0.00208. The molecule has 11 heteroatoms. The molecule has 2 rings (SSSR count). The van der Waals surface area contributed by atoms with Gasteiger partial charge in [-0.15, -0.1) is 0 Å². The zero-order chi connectivity index (χ0) is 32.3. The SMILES string of the molecule is CCCCCCCCCCCCCC[C@@H](O)[C@@H](O)[C@H](CO[C@H]1O[C@H](CO)[C@H](O)[C@H](O)[C@H]1O)NC(=O)Cc1ccc(OC)cc1. The molecular weight excluding hydrogens is 570 g/mol. The van der Waals surface area contributed by atoms with E-state index in [1.165, 1.54) is 51.4 Å². The lowest BCUT2D eigenvalue weighted by atomic mass is 9.98. The van der Waals surface area contributed by atoms with Crippen LogP contribution >= 0.6 is 0 Å². The average Bonchev–Trinajstić information content (AvgIpc) is 3.03. The molecule has 0 spiro atoms. The van der Waals surface area contributed by atoms with Crippen LogP contribution in [0.2, 0.25) is 0 Å². The molecule has 0 radical (unpaired) electrons. The van der Waals surface area contributed by atoms with E-state index in [2.05, 4.69) is 12.2 Å². The van der Waals surface area contributed by atoms with Crippen LogP contribution in [-0.4, -0.2) is 106 Å². The molecule has 1 heterocycles. The van der Waals surface area contributed by atoms with Crippen LogP contribution in [-0.2, 0) is 20.7 Å². The lowest BCUT2D eigenvalue weighted by Gasteiger charge is -2.40. The summed E-state index contributed by atoms with van der Waals surface area (Å²) < 4.78 is 16.2. The third-order valence-corrected chi connectivity index (χ3v) is 8.32. The second kappa shape index (κ2) is 21.8. The van der Waals surface area contributed by atoms with Crippen LogP contribution in [0.1, 0.15) is 96.0 Å². The number of ether oxygens (including phenoxy) is 3. The van der Waals surface area contributed by atoms with Crippen LogP contribution in [0.5, 0.6) is 5.75 Å². The van der Waals surface area contributed by atoms with Crippen molar-refractivity contribution in [3.8, 4) is 5.75 Å². The fraction of sp³-hybridized carbons (Fsp3) is 0.788. The quantitative estimate of drug-likeness (QED) is 0.0891. The highest BCUT2D eigenvalue weighted by Gasteiger charge is 2.44. The first-order valence-corrected chi connectivity index (χ1v) is 16.4. The van der Waals surface area contributed by atoms with Crippen molar-refractivity contribution in [2.45, 2.75) is 146 Å². The molecule has 1 saturated heterocycles. The molecule has 254 valence electrons. The van der Waals surface area contributed by atoms with E-state index in [1.807, 2.05) is 0 Å². The van der Waals surface area contributed by atoms with Gasteiger partial charge in [-0.05, 0) is 24.1 Å². The highest BCUT2D eigenvalue weighted by Crippen LogP contribution is 2.23. The topological polar surface area (TPSA) is 178 Å². The summed E-state index contributed by atoms with van der Waals surface area (Å²) in [5, 5.41) is 64.4. The van der Waals surface area contributed by atoms with Gasteiger partial charge >= 0.3 is 0 Å². The van der Waals surface area contributed by atoms with Gasteiger partial charge in [0.1, 0.15) is 36.3 Å². The minimum atomic E-state index is -1.63. The maximum Gasteiger partial charge on any atom is 0.224 e. The van der Waals surface area contributed by atoms with E-state index in [4.69, 9.17) is 14.2 Å². The molecule has 1 aliphatic rings. The highest BCUT2D eigenvalue weighted by molar-refractivity contribution is 5.79. The molecule has 7 N–H and O–H groups in total. The zero-order valence-electron chi connectivity index (χ0n) is 26.6. The summed E-state index contributed by atoms with van der Waals surface area (Å²) in [5.74, 6) is 0.227. The predicted octanol–water partition coefficient (Wildman–Crippen LogP) is 2.35.